The van der Waals surface area contributed by atoms with Gasteiger partial charge in [0.05, 0.1) is 44.0 Å². The average molecular weight is 1170 g/mol. The number of amides is 1. The fourth-order valence-electron chi connectivity index (χ4n) is 6.32. The summed E-state index contributed by atoms with van der Waals surface area (Å²) in [5.74, 6) is -1.67. The van der Waals surface area contributed by atoms with E-state index in [1.165, 1.54) is 72.8 Å². The number of fused-ring (bicyclic) bond motifs is 2. The summed E-state index contributed by atoms with van der Waals surface area (Å²) in [4.78, 5) is 23.5. The van der Waals surface area contributed by atoms with Gasteiger partial charge in [0, 0.05) is 38.8 Å². The number of benzene rings is 6. The molecule has 25 nitrogen and oxygen atoms in total. The van der Waals surface area contributed by atoms with E-state index in [0.717, 1.165) is 30.3 Å². The van der Waals surface area contributed by atoms with Gasteiger partial charge in [0.2, 0.25) is 17.2 Å². The van der Waals surface area contributed by atoms with Crippen molar-refractivity contribution in [2.24, 2.45) is 10.2 Å². The summed E-state index contributed by atoms with van der Waals surface area (Å²) in [6.45, 7) is -0.323. The molecule has 4 N–H and O–H groups in total. The van der Waals surface area contributed by atoms with Crippen molar-refractivity contribution in [3.05, 3.63) is 114 Å². The molecular weight excluding hydrogens is 1140 g/mol. The Hall–Kier alpha value is -2.20. The van der Waals surface area contributed by atoms with Gasteiger partial charge in [-0.3, -0.25) is 19.1 Å². The Morgan fingerprint density at radius 1 is 0.703 bits per heavy atom. The third-order valence-electron chi connectivity index (χ3n) is 9.19. The summed E-state index contributed by atoms with van der Waals surface area (Å²) in [5, 5.41) is 54.3. The number of anilines is 5. The molecule has 0 aliphatic heterocycles. The summed E-state index contributed by atoms with van der Waals surface area (Å²) in [7, 11) is -14.3. The molecule has 6 aromatic carbocycles. The molecule has 0 atom stereocenters. The Labute approximate surface area is 523 Å². The molecule has 0 saturated carbocycles. The summed E-state index contributed by atoms with van der Waals surface area (Å²) < 4.78 is 111. The summed E-state index contributed by atoms with van der Waals surface area (Å²) in [6.07, 6.45) is 0. The maximum absolute atomic E-state index is 13.0. The topological polar surface area (TPSA) is 378 Å². The number of nitrogens with one attached hydrogen (secondary N) is 3. The second-order valence-electron chi connectivity index (χ2n) is 13.5. The van der Waals surface area contributed by atoms with Crippen LogP contribution in [0.25, 0.3) is 21.5 Å². The minimum absolute atomic E-state index is 0. The molecule has 1 amide bonds. The second kappa shape index (κ2) is 30.2. The van der Waals surface area contributed by atoms with E-state index in [1.807, 2.05) is 0 Å². The number of hydrogen-bond acceptors (Lipinski definition) is 26. The van der Waals surface area contributed by atoms with Gasteiger partial charge in [-0.05, 0) is 95.8 Å². The van der Waals surface area contributed by atoms with Gasteiger partial charge in [0.25, 0.3) is 5.91 Å². The zero-order chi connectivity index (χ0) is 49.5. The van der Waals surface area contributed by atoms with Crippen molar-refractivity contribution in [2.45, 2.75) is 27.0 Å². The minimum atomic E-state index is -5.40. The molecule has 0 spiro atoms. The number of aromatic nitrogens is 3. The fourth-order valence-corrected chi connectivity index (χ4v) is 9.92. The van der Waals surface area contributed by atoms with Crippen molar-refractivity contribution >= 4 is 134 Å². The number of rotatable bonds is 20. The van der Waals surface area contributed by atoms with E-state index in [4.69, 9.17) is 15.8 Å². The Bertz CT molecular complexity index is 3490. The predicted octanol–water partition coefficient (Wildman–Crippen LogP) is -6.04. The predicted molar refractivity (Wildman–Crippen MR) is 244 cm³/mol. The number of aromatic hydroxyl groups is 1. The van der Waals surface area contributed by atoms with Crippen molar-refractivity contribution in [3.63, 3.8) is 0 Å². The zero-order valence-corrected chi connectivity index (χ0v) is 50.7. The van der Waals surface area contributed by atoms with Crippen molar-refractivity contribution in [2.75, 3.05) is 28.3 Å². The number of phenolic OH excluding ortho intramolecular Hbond substituents is 1. The first-order valence-corrected chi connectivity index (χ1v) is 24.9. The fraction of sp³-hybridized carbons (Fsp3) is 0.0769. The van der Waals surface area contributed by atoms with Crippen molar-refractivity contribution < 1.29 is 196 Å². The van der Waals surface area contributed by atoms with Crippen LogP contribution < -0.4 is 145 Å². The number of sulfone groups is 1. The number of nitrogens with zero attached hydrogens (tertiary/aromatic N) is 5. The third-order valence-corrected chi connectivity index (χ3v) is 13.8. The first-order chi connectivity index (χ1) is 32.8. The molecule has 0 unspecified atom stereocenters. The van der Waals surface area contributed by atoms with Gasteiger partial charge in [-0.15, -0.1) is 14.6 Å². The number of halogens is 1. The third kappa shape index (κ3) is 17.7. The van der Waals surface area contributed by atoms with Crippen LogP contribution in [0.4, 0.5) is 40.3 Å². The van der Waals surface area contributed by atoms with Gasteiger partial charge >= 0.3 is 118 Å². The molecule has 1 heterocycles. The van der Waals surface area contributed by atoms with Crippen LogP contribution in [0.15, 0.2) is 133 Å². The van der Waals surface area contributed by atoms with Gasteiger partial charge in [0.15, 0.2) is 27.9 Å². The Balaban J connectivity index is 0.00000375. The standard InChI is InChI=1S/C38H29ClN8O17S5.CH4.4Na/c39-36-43-37(41-22-9-7-20(8-10-22)35(49)40-23-3-1-4-25(19-23)67(52,53)16-15-60-66-64-62-51)45-38(44-36)42-24-11-12-26-21(17-24)18-30(65-63-61-50)32(33(26)48)47-46-29-14-13-27-28(34(29)69(57,58)59)5-2-6-31(27)68(54,55)56;;;;;/h1-14,17-19,48,50-51H,15-16H2,(H,40,49)(H,54,55,56)(H,57,58,59)(H2,41,42,43,44,45);1H4;;;;/q;;4*+1/p-4. The molecule has 0 aliphatic rings. The van der Waals surface area contributed by atoms with Gasteiger partial charge in [-0.1, -0.05) is 31.7 Å². The summed E-state index contributed by atoms with van der Waals surface area (Å²) in [5.41, 5.74) is 0.163. The molecule has 368 valence electrons. The van der Waals surface area contributed by atoms with Crippen LogP contribution in [-0.2, 0) is 53.0 Å². The molecule has 7 aromatic rings. The number of carbonyl (C=O) groups is 1. The van der Waals surface area contributed by atoms with Crippen LogP contribution in [0, 0.1) is 0 Å². The SMILES string of the molecule is C.O=C(Nc1cccc(S(=O)(=O)CCOSOO[O-])c1)c1ccc(Nc2nc(Cl)nc(Nc3ccc4c(O)c(N=Nc5ccc6c(S(=O)(=O)[O-])cccc6c5S(=O)(=O)[O-])c(SOO[O-])cc4c3)n2)cc1.[Na+].[Na+].[Na+].[Na+]. The van der Waals surface area contributed by atoms with Crippen molar-refractivity contribution in [1.82, 2.24) is 15.0 Å². The number of hydrogen-bond donors (Lipinski definition) is 4. The minimum Gasteiger partial charge on any atom is -0.744 e. The van der Waals surface area contributed by atoms with Crippen LogP contribution >= 0.6 is 36.0 Å². The molecule has 0 fully saturated rings. The monoisotopic (exact) mass is 1170 g/mol. The Morgan fingerprint density at radius 3 is 1.99 bits per heavy atom. The van der Waals surface area contributed by atoms with Crippen LogP contribution in [0.2, 0.25) is 5.28 Å². The first-order valence-electron chi connectivity index (χ1n) is 18.6. The molecular formula is C39H29ClN8Na4O17S5. The van der Waals surface area contributed by atoms with Crippen molar-refractivity contribution in [3.8, 4) is 5.75 Å². The molecule has 0 radical (unpaired) electrons. The van der Waals surface area contributed by atoms with E-state index in [0.29, 0.717) is 11.4 Å². The van der Waals surface area contributed by atoms with E-state index in [1.54, 1.807) is 0 Å². The van der Waals surface area contributed by atoms with Gasteiger partial charge in [-0.2, -0.15) is 19.3 Å². The number of carbonyl (C=O) groups excluding carboxylic acids is 1. The molecule has 0 saturated heterocycles. The smallest absolute Gasteiger partial charge is 0.744 e. The zero-order valence-electron chi connectivity index (χ0n) is 37.9. The van der Waals surface area contributed by atoms with E-state index in [9.17, 15) is 54.8 Å². The first kappa shape index (κ1) is 67.9. The quantitative estimate of drug-likeness (QED) is 0.0105. The Morgan fingerprint density at radius 2 is 1.34 bits per heavy atom. The van der Waals surface area contributed by atoms with Gasteiger partial charge in [-0.25, -0.2) is 25.3 Å². The molecule has 0 bridgehead atoms. The second-order valence-corrected chi connectivity index (χ2v) is 19.9. The number of azo groups is 1. The van der Waals surface area contributed by atoms with Crippen molar-refractivity contribution in [1.29, 1.82) is 0 Å². The van der Waals surface area contributed by atoms with Gasteiger partial charge in [0.1, 0.15) is 31.6 Å². The maximum Gasteiger partial charge on any atom is 1.00 e. The Kier molecular flexibility index (Phi) is 27.8. The molecule has 7 rings (SSSR count). The molecule has 0 aliphatic carbocycles. The van der Waals surface area contributed by atoms with E-state index in [2.05, 4.69) is 59.9 Å². The van der Waals surface area contributed by atoms with E-state index in [-0.39, 0.29) is 217 Å². The van der Waals surface area contributed by atoms with Crippen LogP contribution in [0.3, 0.4) is 0 Å². The summed E-state index contributed by atoms with van der Waals surface area (Å²) in [6, 6.07) is 22.5. The van der Waals surface area contributed by atoms with E-state index >= 15 is 0 Å². The average Bonchev–Trinajstić information content (AvgIpc) is 3.29. The molecule has 1 aromatic heterocycles. The van der Waals surface area contributed by atoms with Crippen LogP contribution in [-0.4, -0.2) is 72.7 Å². The van der Waals surface area contributed by atoms with E-state index < -0.39 is 68.3 Å². The summed E-state index contributed by atoms with van der Waals surface area (Å²) >= 11 is 6.68. The van der Waals surface area contributed by atoms with Crippen LogP contribution in [0.5, 0.6) is 5.75 Å². The maximum atomic E-state index is 13.0. The van der Waals surface area contributed by atoms with Gasteiger partial charge < -0.3 is 40.7 Å². The molecule has 74 heavy (non-hydrogen) atoms. The van der Waals surface area contributed by atoms with Crippen LogP contribution in [0.1, 0.15) is 17.8 Å². The molecule has 35 heteroatoms. The number of phenols is 1. The largest absolute Gasteiger partial charge is 1.00 e. The normalized spacial score (nSPS) is 11.4.